The molecule has 0 unspecified atom stereocenters. The minimum atomic E-state index is -0.251. The average Bonchev–Trinajstić information content (AvgIpc) is 3.18. The van der Waals surface area contributed by atoms with Crippen molar-refractivity contribution >= 4 is 5.78 Å². The molecule has 1 heterocycles. The van der Waals surface area contributed by atoms with Gasteiger partial charge in [0.15, 0.2) is 5.78 Å². The quantitative estimate of drug-likeness (QED) is 0.381. The van der Waals surface area contributed by atoms with Gasteiger partial charge in [-0.05, 0) is 46.1 Å². The molecule has 0 spiro atoms. The van der Waals surface area contributed by atoms with Gasteiger partial charge in [-0.1, -0.05) is 19.4 Å². The first-order valence-electron chi connectivity index (χ1n) is 9.22. The molecule has 5 nitrogen and oxygen atoms in total. The molecule has 0 amide bonds. The molecule has 0 aromatic heterocycles. The summed E-state index contributed by atoms with van der Waals surface area (Å²) in [5.41, 5.74) is 1.31. The van der Waals surface area contributed by atoms with Crippen LogP contribution in [0.15, 0.2) is 23.8 Å². The molecular formula is C21H30O5. The van der Waals surface area contributed by atoms with Crippen molar-refractivity contribution in [3.8, 4) is 17.2 Å². The van der Waals surface area contributed by atoms with E-state index in [1.54, 1.807) is 0 Å². The number of aromatic hydroxyl groups is 2. The number of carbonyl (C=O) groups excluding carboxylic acids is 1. The van der Waals surface area contributed by atoms with Crippen LogP contribution >= 0.6 is 0 Å². The number of epoxide rings is 1. The van der Waals surface area contributed by atoms with Gasteiger partial charge in [-0.3, -0.25) is 4.79 Å². The smallest absolute Gasteiger partial charge is 0.173 e. The molecule has 0 aliphatic carbocycles. The average molecular weight is 362 g/mol. The predicted octanol–water partition coefficient (Wildman–Crippen LogP) is 4.61. The molecule has 144 valence electrons. The molecule has 0 radical (unpaired) electrons. The van der Waals surface area contributed by atoms with Gasteiger partial charge in [0, 0.05) is 18.1 Å². The largest absolute Gasteiger partial charge is 0.508 e. The van der Waals surface area contributed by atoms with Crippen LogP contribution in [0.4, 0.5) is 0 Å². The topological polar surface area (TPSA) is 79.3 Å². The Morgan fingerprint density at radius 1 is 1.38 bits per heavy atom. The second-order valence-corrected chi connectivity index (χ2v) is 7.62. The number of allylic oxidation sites excluding steroid dienone is 1. The van der Waals surface area contributed by atoms with E-state index >= 15 is 0 Å². The van der Waals surface area contributed by atoms with E-state index in [-0.39, 0.29) is 46.7 Å². The van der Waals surface area contributed by atoms with Crippen LogP contribution in [0.3, 0.4) is 0 Å². The van der Waals surface area contributed by atoms with Crippen LogP contribution in [0.25, 0.3) is 0 Å². The minimum Gasteiger partial charge on any atom is -0.508 e. The molecule has 0 saturated carbocycles. The van der Waals surface area contributed by atoms with Crippen molar-refractivity contribution in [3.63, 3.8) is 0 Å². The van der Waals surface area contributed by atoms with Crippen LogP contribution in [0.5, 0.6) is 17.2 Å². The zero-order valence-corrected chi connectivity index (χ0v) is 16.3. The summed E-state index contributed by atoms with van der Waals surface area (Å²) in [6.07, 6.45) is 4.82. The standard InChI is InChI=1S/C21H30O5/c1-6-14(3)20(24)19-16(23)11-15(22)12-17(19)25-10-9-13(2)7-8-18-21(4,5)26-18/h9,11-12,14,18,22-23H,6-8,10H2,1-5H3/t14-,18-/m1/s1. The molecule has 2 atom stereocenters. The molecule has 0 bridgehead atoms. The van der Waals surface area contributed by atoms with Gasteiger partial charge in [0.05, 0.1) is 11.7 Å². The SMILES string of the molecule is CC[C@@H](C)C(=O)c1c(O)cc(O)cc1OCC=C(C)CC[C@H]1OC1(C)C. The third kappa shape index (κ3) is 5.01. The zero-order valence-electron chi connectivity index (χ0n) is 16.3. The first-order chi connectivity index (χ1) is 12.2. The van der Waals surface area contributed by atoms with E-state index in [2.05, 4.69) is 13.8 Å². The molecule has 1 aliphatic heterocycles. The van der Waals surface area contributed by atoms with Gasteiger partial charge in [0.2, 0.25) is 0 Å². The molecule has 5 heteroatoms. The van der Waals surface area contributed by atoms with E-state index in [0.717, 1.165) is 12.8 Å². The third-order valence-corrected chi connectivity index (χ3v) is 5.01. The van der Waals surface area contributed by atoms with E-state index in [4.69, 9.17) is 9.47 Å². The van der Waals surface area contributed by atoms with Crippen molar-refractivity contribution in [2.45, 2.75) is 65.6 Å². The number of ketones is 1. The zero-order chi connectivity index (χ0) is 19.5. The molecule has 26 heavy (non-hydrogen) atoms. The molecule has 1 saturated heterocycles. The number of hydrogen-bond donors (Lipinski definition) is 2. The Morgan fingerprint density at radius 2 is 2.04 bits per heavy atom. The van der Waals surface area contributed by atoms with Crippen molar-refractivity contribution in [1.29, 1.82) is 0 Å². The number of carbonyl (C=O) groups is 1. The van der Waals surface area contributed by atoms with Crippen LogP contribution in [0.2, 0.25) is 0 Å². The summed E-state index contributed by atoms with van der Waals surface area (Å²) in [5, 5.41) is 19.8. The van der Waals surface area contributed by atoms with Gasteiger partial charge in [0.1, 0.15) is 29.4 Å². The van der Waals surface area contributed by atoms with Crippen molar-refractivity contribution in [2.24, 2.45) is 5.92 Å². The Balaban J connectivity index is 2.01. The van der Waals surface area contributed by atoms with Gasteiger partial charge in [-0.25, -0.2) is 0 Å². The molecule has 1 aliphatic rings. The second-order valence-electron chi connectivity index (χ2n) is 7.62. The minimum absolute atomic E-state index is 0.00110. The van der Waals surface area contributed by atoms with E-state index in [1.165, 1.54) is 17.7 Å². The second kappa shape index (κ2) is 8.12. The van der Waals surface area contributed by atoms with Crippen molar-refractivity contribution in [2.75, 3.05) is 6.61 Å². The molecule has 1 fully saturated rings. The van der Waals surface area contributed by atoms with E-state index < -0.39 is 0 Å². The highest BCUT2D eigenvalue weighted by molar-refractivity contribution is 6.02. The first kappa shape index (κ1) is 20.3. The molecule has 2 N–H and O–H groups in total. The van der Waals surface area contributed by atoms with Crippen LogP contribution < -0.4 is 4.74 Å². The van der Waals surface area contributed by atoms with E-state index in [0.29, 0.717) is 12.5 Å². The highest BCUT2D eigenvalue weighted by Gasteiger charge is 2.46. The van der Waals surface area contributed by atoms with Gasteiger partial charge in [-0.2, -0.15) is 0 Å². The maximum absolute atomic E-state index is 12.5. The number of hydrogen-bond acceptors (Lipinski definition) is 5. The van der Waals surface area contributed by atoms with Gasteiger partial charge >= 0.3 is 0 Å². The normalized spacial score (nSPS) is 19.9. The highest BCUT2D eigenvalue weighted by Crippen LogP contribution is 2.39. The highest BCUT2D eigenvalue weighted by atomic mass is 16.6. The summed E-state index contributed by atoms with van der Waals surface area (Å²) in [6, 6.07) is 2.54. The lowest BCUT2D eigenvalue weighted by atomic mass is 9.95. The number of phenols is 2. The van der Waals surface area contributed by atoms with Crippen LogP contribution in [0, 0.1) is 5.92 Å². The monoisotopic (exact) mass is 362 g/mol. The lowest BCUT2D eigenvalue weighted by Crippen LogP contribution is -2.12. The van der Waals surface area contributed by atoms with Crippen molar-refractivity contribution in [3.05, 3.63) is 29.3 Å². The predicted molar refractivity (Wildman–Crippen MR) is 101 cm³/mol. The van der Waals surface area contributed by atoms with Gasteiger partial charge in [0.25, 0.3) is 0 Å². The maximum Gasteiger partial charge on any atom is 0.173 e. The lowest BCUT2D eigenvalue weighted by Gasteiger charge is -2.15. The Morgan fingerprint density at radius 3 is 2.62 bits per heavy atom. The maximum atomic E-state index is 12.5. The van der Waals surface area contributed by atoms with E-state index in [9.17, 15) is 15.0 Å². The van der Waals surface area contributed by atoms with Crippen LogP contribution in [-0.2, 0) is 4.74 Å². The number of ether oxygens (including phenoxy) is 2. The van der Waals surface area contributed by atoms with Crippen LogP contribution in [-0.4, -0.2) is 34.3 Å². The van der Waals surface area contributed by atoms with Crippen LogP contribution in [0.1, 0.15) is 64.2 Å². The molecule has 1 aromatic carbocycles. The number of rotatable bonds is 9. The summed E-state index contributed by atoms with van der Waals surface area (Å²) >= 11 is 0. The van der Waals surface area contributed by atoms with Gasteiger partial charge in [-0.15, -0.1) is 0 Å². The van der Waals surface area contributed by atoms with Crippen molar-refractivity contribution in [1.82, 2.24) is 0 Å². The third-order valence-electron chi connectivity index (χ3n) is 5.01. The van der Waals surface area contributed by atoms with Crippen molar-refractivity contribution < 1.29 is 24.5 Å². The number of Topliss-reactive ketones (excluding diaryl/α,β-unsaturated/α-hetero) is 1. The Kier molecular flexibility index (Phi) is 6.34. The van der Waals surface area contributed by atoms with E-state index in [1.807, 2.05) is 26.8 Å². The fraction of sp³-hybridized carbons (Fsp3) is 0.571. The summed E-state index contributed by atoms with van der Waals surface area (Å²) < 4.78 is 11.3. The number of phenolic OH excluding ortho intramolecular Hbond substituents is 2. The fourth-order valence-corrected chi connectivity index (χ4v) is 2.85. The summed E-state index contributed by atoms with van der Waals surface area (Å²) in [6.45, 7) is 10.2. The summed E-state index contributed by atoms with van der Waals surface area (Å²) in [4.78, 5) is 12.5. The molecule has 2 rings (SSSR count). The summed E-state index contributed by atoms with van der Waals surface area (Å²) in [5.74, 6) is -0.588. The summed E-state index contributed by atoms with van der Waals surface area (Å²) in [7, 11) is 0. The first-order valence-corrected chi connectivity index (χ1v) is 9.22. The lowest BCUT2D eigenvalue weighted by molar-refractivity contribution is 0.0920. The Hall–Kier alpha value is -2.01. The Labute approximate surface area is 155 Å². The molecule has 1 aromatic rings. The molecular weight excluding hydrogens is 332 g/mol. The Bertz CT molecular complexity index is 690. The fourth-order valence-electron chi connectivity index (χ4n) is 2.85. The van der Waals surface area contributed by atoms with Gasteiger partial charge < -0.3 is 19.7 Å². The number of benzene rings is 1.